The second kappa shape index (κ2) is 8.31. The van der Waals surface area contributed by atoms with Gasteiger partial charge >= 0.3 is 5.00 Å². The molecule has 2 rings (SSSR count). The summed E-state index contributed by atoms with van der Waals surface area (Å²) in [6.45, 7) is -0.243. The number of amides is 2. The molecule has 0 saturated heterocycles. The molecular weight excluding hydrogens is 400 g/mol. The highest BCUT2D eigenvalue weighted by atomic mass is 79.9. The van der Waals surface area contributed by atoms with Crippen LogP contribution in [0, 0.1) is 10.1 Å². The third-order valence-electron chi connectivity index (χ3n) is 2.67. The first-order chi connectivity index (χ1) is 11.5. The summed E-state index contributed by atoms with van der Waals surface area (Å²) in [4.78, 5) is 34.0. The average Bonchev–Trinajstić information content (AvgIpc) is 3.02. The molecule has 1 aromatic carbocycles. The van der Waals surface area contributed by atoms with E-state index in [4.69, 9.17) is 0 Å². The van der Waals surface area contributed by atoms with Gasteiger partial charge in [-0.15, -0.1) is 0 Å². The highest BCUT2D eigenvalue weighted by Gasteiger charge is 2.09. The highest BCUT2D eigenvalue weighted by Crippen LogP contribution is 2.22. The van der Waals surface area contributed by atoms with E-state index >= 15 is 0 Å². The molecule has 2 N–H and O–H groups in total. The molecule has 0 radical (unpaired) electrons. The van der Waals surface area contributed by atoms with Crippen molar-refractivity contribution in [2.45, 2.75) is 0 Å². The molecule has 124 valence electrons. The van der Waals surface area contributed by atoms with Crippen LogP contribution < -0.4 is 10.7 Å². The fraction of sp³-hybridized carbons (Fsp3) is 0.0714. The van der Waals surface area contributed by atoms with Crippen molar-refractivity contribution >= 4 is 50.3 Å². The Hall–Kier alpha value is -2.59. The molecule has 0 atom stereocenters. The number of hydrogen-bond acceptors (Lipinski definition) is 6. The topological polar surface area (TPSA) is 114 Å². The molecular formula is C14H11BrN4O4S. The second-order valence-corrected chi connectivity index (χ2v) is 6.43. The van der Waals surface area contributed by atoms with Crippen LogP contribution in [0.15, 0.2) is 46.0 Å². The average molecular weight is 411 g/mol. The zero-order valence-electron chi connectivity index (χ0n) is 12.1. The van der Waals surface area contributed by atoms with Gasteiger partial charge in [-0.1, -0.05) is 33.3 Å². The molecule has 0 aliphatic rings. The molecule has 1 aromatic heterocycles. The van der Waals surface area contributed by atoms with Crippen LogP contribution >= 0.6 is 27.3 Å². The molecule has 0 fully saturated rings. The first-order valence-corrected chi connectivity index (χ1v) is 8.16. The van der Waals surface area contributed by atoms with Crippen LogP contribution in [0.5, 0.6) is 0 Å². The van der Waals surface area contributed by atoms with E-state index in [1.54, 1.807) is 24.3 Å². The van der Waals surface area contributed by atoms with E-state index < -0.39 is 10.8 Å². The summed E-state index contributed by atoms with van der Waals surface area (Å²) < 4.78 is 0.759. The summed E-state index contributed by atoms with van der Waals surface area (Å²) in [6.07, 6.45) is 1.30. The van der Waals surface area contributed by atoms with Gasteiger partial charge in [-0.2, -0.15) is 5.10 Å². The van der Waals surface area contributed by atoms with Crippen molar-refractivity contribution in [1.82, 2.24) is 10.7 Å². The van der Waals surface area contributed by atoms with Gasteiger partial charge in [0.25, 0.3) is 11.8 Å². The summed E-state index contributed by atoms with van der Waals surface area (Å²) in [5, 5.41) is 16.7. The van der Waals surface area contributed by atoms with E-state index in [1.807, 2.05) is 0 Å². The Kier molecular flexibility index (Phi) is 6.15. The molecule has 0 aliphatic heterocycles. The standard InChI is InChI=1S/C14H11BrN4O4S/c15-10-3-1-2-9(6-10)14(21)16-8-12(20)18-17-7-11-4-5-13(24-11)19(22)23/h1-7H,8H2,(H,16,21)(H,18,20)/b17-7-. The summed E-state index contributed by atoms with van der Waals surface area (Å²) in [7, 11) is 0. The smallest absolute Gasteiger partial charge is 0.324 e. The summed E-state index contributed by atoms with van der Waals surface area (Å²) in [5.74, 6) is -0.898. The fourth-order valence-electron chi connectivity index (χ4n) is 1.61. The maximum absolute atomic E-state index is 11.9. The molecule has 10 heteroatoms. The first kappa shape index (κ1) is 17.8. The minimum absolute atomic E-state index is 0.0101. The number of benzene rings is 1. The van der Waals surface area contributed by atoms with Gasteiger partial charge in [0.2, 0.25) is 0 Å². The number of halogens is 1. The van der Waals surface area contributed by atoms with E-state index in [1.165, 1.54) is 18.3 Å². The van der Waals surface area contributed by atoms with Crippen molar-refractivity contribution in [1.29, 1.82) is 0 Å². The van der Waals surface area contributed by atoms with Crippen LogP contribution in [-0.4, -0.2) is 29.5 Å². The van der Waals surface area contributed by atoms with E-state index in [9.17, 15) is 19.7 Å². The highest BCUT2D eigenvalue weighted by molar-refractivity contribution is 9.10. The molecule has 0 bridgehead atoms. The summed E-state index contributed by atoms with van der Waals surface area (Å²) in [5.41, 5.74) is 2.65. The van der Waals surface area contributed by atoms with Crippen molar-refractivity contribution in [2.75, 3.05) is 6.54 Å². The monoisotopic (exact) mass is 410 g/mol. The quantitative estimate of drug-likeness (QED) is 0.431. The number of rotatable bonds is 6. The van der Waals surface area contributed by atoms with Crippen LogP contribution in [0.1, 0.15) is 15.2 Å². The number of carbonyl (C=O) groups excluding carboxylic acids is 2. The maximum atomic E-state index is 11.9. The number of nitro groups is 1. The lowest BCUT2D eigenvalue weighted by atomic mass is 10.2. The van der Waals surface area contributed by atoms with Crippen molar-refractivity contribution in [2.24, 2.45) is 5.10 Å². The zero-order chi connectivity index (χ0) is 17.5. The molecule has 2 amide bonds. The lowest BCUT2D eigenvalue weighted by Crippen LogP contribution is -2.34. The number of nitrogens with zero attached hydrogens (tertiary/aromatic N) is 2. The number of hydrogen-bond donors (Lipinski definition) is 2. The van der Waals surface area contributed by atoms with Crippen LogP contribution in [-0.2, 0) is 4.79 Å². The number of nitrogens with one attached hydrogen (secondary N) is 2. The lowest BCUT2D eigenvalue weighted by Gasteiger charge is -2.04. The predicted octanol–water partition coefficient (Wildman–Crippen LogP) is 2.30. The Bertz CT molecular complexity index is 806. The maximum Gasteiger partial charge on any atom is 0.324 e. The van der Waals surface area contributed by atoms with E-state index in [0.29, 0.717) is 10.4 Å². The van der Waals surface area contributed by atoms with Crippen LogP contribution in [0.2, 0.25) is 0 Å². The van der Waals surface area contributed by atoms with Crippen LogP contribution in [0.3, 0.4) is 0 Å². The Morgan fingerprint density at radius 3 is 2.79 bits per heavy atom. The lowest BCUT2D eigenvalue weighted by molar-refractivity contribution is -0.380. The predicted molar refractivity (Wildman–Crippen MR) is 93.2 cm³/mol. The molecule has 1 heterocycles. The SMILES string of the molecule is O=C(CNC(=O)c1cccc(Br)c1)N/N=C\c1ccc([N+](=O)[O-])s1. The largest absolute Gasteiger partial charge is 0.343 e. The third-order valence-corrected chi connectivity index (χ3v) is 4.13. The molecule has 24 heavy (non-hydrogen) atoms. The van der Waals surface area contributed by atoms with E-state index in [-0.39, 0.29) is 17.5 Å². The molecule has 0 unspecified atom stereocenters. The van der Waals surface area contributed by atoms with E-state index in [2.05, 4.69) is 31.8 Å². The Morgan fingerprint density at radius 2 is 2.12 bits per heavy atom. The van der Waals surface area contributed by atoms with Gasteiger partial charge in [-0.05, 0) is 24.3 Å². The van der Waals surface area contributed by atoms with Gasteiger partial charge in [-0.3, -0.25) is 19.7 Å². The minimum Gasteiger partial charge on any atom is -0.343 e. The Labute approximate surface area is 148 Å². The van der Waals surface area contributed by atoms with Gasteiger partial charge < -0.3 is 5.32 Å². The van der Waals surface area contributed by atoms with E-state index in [0.717, 1.165) is 15.8 Å². The first-order valence-electron chi connectivity index (χ1n) is 6.55. The van der Waals surface area contributed by atoms with Gasteiger partial charge in [0.1, 0.15) is 0 Å². The summed E-state index contributed by atoms with van der Waals surface area (Å²) >= 11 is 4.19. The van der Waals surface area contributed by atoms with Crippen molar-refractivity contribution in [3.05, 3.63) is 61.4 Å². The van der Waals surface area contributed by atoms with Gasteiger partial charge in [0, 0.05) is 16.1 Å². The second-order valence-electron chi connectivity index (χ2n) is 4.42. The van der Waals surface area contributed by atoms with Crippen LogP contribution in [0.4, 0.5) is 5.00 Å². The normalized spacial score (nSPS) is 10.5. The van der Waals surface area contributed by atoms with Crippen molar-refractivity contribution in [3.63, 3.8) is 0 Å². The minimum atomic E-state index is -0.513. The molecule has 2 aromatic rings. The molecule has 0 saturated carbocycles. The zero-order valence-corrected chi connectivity index (χ0v) is 14.5. The van der Waals surface area contributed by atoms with Gasteiger partial charge in [0.15, 0.2) is 0 Å². The fourth-order valence-corrected chi connectivity index (χ4v) is 2.70. The number of hydrazone groups is 1. The van der Waals surface area contributed by atoms with Crippen LogP contribution in [0.25, 0.3) is 0 Å². The molecule has 0 spiro atoms. The summed E-state index contributed by atoms with van der Waals surface area (Å²) in [6, 6.07) is 9.63. The molecule has 8 nitrogen and oxygen atoms in total. The number of thiophene rings is 1. The molecule has 0 aliphatic carbocycles. The van der Waals surface area contributed by atoms with Crippen molar-refractivity contribution in [3.8, 4) is 0 Å². The van der Waals surface area contributed by atoms with Crippen molar-refractivity contribution < 1.29 is 14.5 Å². The third kappa shape index (κ3) is 5.25. The number of carbonyl (C=O) groups is 2. The Balaban J connectivity index is 1.79. The van der Waals surface area contributed by atoms with Gasteiger partial charge in [-0.25, -0.2) is 5.43 Å². The van der Waals surface area contributed by atoms with Gasteiger partial charge in [0.05, 0.1) is 22.6 Å². The Morgan fingerprint density at radius 1 is 1.33 bits per heavy atom.